The van der Waals surface area contributed by atoms with E-state index in [-0.39, 0.29) is 28.5 Å². The van der Waals surface area contributed by atoms with E-state index in [0.29, 0.717) is 10.2 Å². The normalized spacial score (nSPS) is 23.3. The number of aromatic nitrogens is 6. The van der Waals surface area contributed by atoms with Crippen LogP contribution in [0.25, 0.3) is 27.0 Å². The van der Waals surface area contributed by atoms with E-state index < -0.39 is 59.8 Å². The van der Waals surface area contributed by atoms with Crippen LogP contribution in [0.1, 0.15) is 35.7 Å². The first kappa shape index (κ1) is 29.3. The van der Waals surface area contributed by atoms with Crippen LogP contribution in [-0.2, 0) is 9.47 Å². The molecule has 1 saturated heterocycles. The quantitative estimate of drug-likeness (QED) is 0.213. The van der Waals surface area contributed by atoms with E-state index >= 15 is 4.39 Å². The van der Waals surface area contributed by atoms with Crippen molar-refractivity contribution in [2.45, 2.75) is 57.3 Å². The van der Waals surface area contributed by atoms with Crippen molar-refractivity contribution >= 4 is 21.6 Å². The number of hydrogen-bond donors (Lipinski definition) is 2. The number of hydrogen-bond acceptors (Lipinski definition) is 9. The first-order valence-electron chi connectivity index (χ1n) is 13.2. The van der Waals surface area contributed by atoms with Crippen LogP contribution in [0.15, 0.2) is 36.7 Å². The van der Waals surface area contributed by atoms with Gasteiger partial charge in [0.1, 0.15) is 42.0 Å². The monoisotopic (exact) mass is 618 g/mol. The van der Waals surface area contributed by atoms with Crippen LogP contribution < -0.4 is 0 Å². The van der Waals surface area contributed by atoms with Gasteiger partial charge in [-0.2, -0.15) is 10.2 Å². The third-order valence-corrected chi connectivity index (χ3v) is 8.34. The van der Waals surface area contributed by atoms with Crippen molar-refractivity contribution in [3.8, 4) is 16.8 Å². The second-order valence-electron chi connectivity index (χ2n) is 10.3. The van der Waals surface area contributed by atoms with Crippen molar-refractivity contribution in [1.29, 1.82) is 0 Å². The van der Waals surface area contributed by atoms with Crippen LogP contribution >= 0.6 is 11.3 Å². The third-order valence-electron chi connectivity index (χ3n) is 7.41. The molecule has 0 bridgehead atoms. The molecule has 2 N–H and O–H groups in total. The molecule has 0 saturated carbocycles. The number of rotatable bonds is 6. The van der Waals surface area contributed by atoms with Crippen molar-refractivity contribution in [3.05, 3.63) is 76.6 Å². The third kappa shape index (κ3) is 5.00. The van der Waals surface area contributed by atoms with Crippen LogP contribution in [0.5, 0.6) is 0 Å². The molecule has 15 heteroatoms. The maximum atomic E-state index is 15.4. The van der Waals surface area contributed by atoms with Crippen LogP contribution in [0.4, 0.5) is 17.6 Å². The minimum Gasteiger partial charge on any atom is -0.391 e. The number of fused-ring (bicyclic) bond motifs is 1. The van der Waals surface area contributed by atoms with Gasteiger partial charge in [0.15, 0.2) is 29.1 Å². The highest BCUT2D eigenvalue weighted by atomic mass is 32.1. The molecule has 4 heterocycles. The van der Waals surface area contributed by atoms with E-state index in [1.165, 1.54) is 53.2 Å². The highest BCUT2D eigenvalue weighted by Gasteiger charge is 2.50. The van der Waals surface area contributed by atoms with E-state index in [1.807, 2.05) is 6.92 Å². The molecule has 10 nitrogen and oxygen atoms in total. The predicted octanol–water partition coefficient (Wildman–Crippen LogP) is 4.35. The number of aliphatic hydroxyl groups is 2. The van der Waals surface area contributed by atoms with Crippen LogP contribution in [-0.4, -0.2) is 71.3 Å². The summed E-state index contributed by atoms with van der Waals surface area (Å²) in [5, 5.41) is 31.8. The molecule has 5 aromatic rings. The largest absolute Gasteiger partial charge is 0.391 e. The number of nitrogens with zero attached hydrogens (tertiary/aromatic N) is 6. The molecule has 226 valence electrons. The zero-order valence-electron chi connectivity index (χ0n) is 23.2. The van der Waals surface area contributed by atoms with Crippen LogP contribution in [0, 0.1) is 37.1 Å². The average Bonchev–Trinajstić information content (AvgIpc) is 3.68. The van der Waals surface area contributed by atoms with Gasteiger partial charge in [0.25, 0.3) is 0 Å². The smallest absolute Gasteiger partial charge is 0.195 e. The van der Waals surface area contributed by atoms with Gasteiger partial charge in [0.05, 0.1) is 27.5 Å². The zero-order valence-corrected chi connectivity index (χ0v) is 24.1. The van der Waals surface area contributed by atoms with Crippen molar-refractivity contribution in [3.63, 3.8) is 0 Å². The summed E-state index contributed by atoms with van der Waals surface area (Å²) in [7, 11) is 1.36. The van der Waals surface area contributed by atoms with Gasteiger partial charge in [-0.1, -0.05) is 0 Å². The van der Waals surface area contributed by atoms with Crippen molar-refractivity contribution in [2.24, 2.45) is 0 Å². The topological polar surface area (TPSA) is 120 Å². The number of thiazole rings is 1. The fourth-order valence-electron chi connectivity index (χ4n) is 5.47. The molecular formula is C28H26F4N6O4S. The minimum absolute atomic E-state index is 0.0497. The summed E-state index contributed by atoms with van der Waals surface area (Å²) in [6, 6.07) is 3.68. The van der Waals surface area contributed by atoms with E-state index in [2.05, 4.69) is 20.2 Å². The molecule has 0 aliphatic carbocycles. The highest BCUT2D eigenvalue weighted by Crippen LogP contribution is 2.41. The summed E-state index contributed by atoms with van der Waals surface area (Å²) in [5.74, 6) is -4.68. The molecule has 6 atom stereocenters. The molecule has 2 aromatic carbocycles. The van der Waals surface area contributed by atoms with Gasteiger partial charge >= 0.3 is 0 Å². The van der Waals surface area contributed by atoms with Gasteiger partial charge in [-0.3, -0.25) is 4.68 Å². The maximum Gasteiger partial charge on any atom is 0.195 e. The predicted molar refractivity (Wildman–Crippen MR) is 147 cm³/mol. The second kappa shape index (κ2) is 11.1. The molecule has 0 radical (unpaired) electrons. The SMILES string of the molecule is CO[C@H]1C(C(C)O)O[C@@H](c2nc(C)nn2-c2cc3sc(C)nc3cc2F)C(O)C1n1cc(-c2ccc(F)c(F)c2F)cn1. The van der Waals surface area contributed by atoms with E-state index in [4.69, 9.17) is 9.47 Å². The Balaban J connectivity index is 1.45. The number of aliphatic hydroxyl groups excluding tert-OH is 2. The Labute approximate surface area is 246 Å². The van der Waals surface area contributed by atoms with Gasteiger partial charge in [0.2, 0.25) is 0 Å². The molecule has 3 aromatic heterocycles. The van der Waals surface area contributed by atoms with Gasteiger partial charge < -0.3 is 19.7 Å². The maximum absolute atomic E-state index is 15.4. The average molecular weight is 619 g/mol. The molecule has 0 spiro atoms. The Kier molecular flexibility index (Phi) is 7.54. The zero-order chi connectivity index (χ0) is 30.7. The second-order valence-corrected chi connectivity index (χ2v) is 11.5. The lowest BCUT2D eigenvalue weighted by atomic mass is 9.89. The fourth-order valence-corrected chi connectivity index (χ4v) is 6.32. The standard InChI is InChI=1S/C28H26F4N6O4S/c1-11(39)25-26(41-4)23(37-10-14(9-33-37)15-5-6-16(29)22(32)21(15)31)24(40)27(42-25)28-34-12(2)36-38(28)19-8-20-18(7-17(19)30)35-13(3)43-20/h5-11,23-27,39-40H,1-4H3/t11?,23?,24?,25?,26-,27-/m1/s1. The van der Waals surface area contributed by atoms with Gasteiger partial charge in [-0.05, 0) is 39.0 Å². The molecule has 1 fully saturated rings. The van der Waals surface area contributed by atoms with E-state index in [1.54, 1.807) is 13.0 Å². The van der Waals surface area contributed by atoms with Crippen LogP contribution in [0.2, 0.25) is 0 Å². The Bertz CT molecular complexity index is 1820. The van der Waals surface area contributed by atoms with Crippen molar-refractivity contribution < 1.29 is 37.2 Å². The molecule has 1 aliphatic heterocycles. The summed E-state index contributed by atoms with van der Waals surface area (Å²) in [6.45, 7) is 4.88. The van der Waals surface area contributed by atoms with E-state index in [0.717, 1.165) is 17.1 Å². The van der Waals surface area contributed by atoms with Crippen molar-refractivity contribution in [2.75, 3.05) is 7.11 Å². The lowest BCUT2D eigenvalue weighted by Crippen LogP contribution is -2.56. The number of ether oxygens (including phenoxy) is 2. The summed E-state index contributed by atoms with van der Waals surface area (Å²) in [4.78, 5) is 8.77. The summed E-state index contributed by atoms with van der Waals surface area (Å²) in [5.41, 5.74) is 0.394. The van der Waals surface area contributed by atoms with E-state index in [9.17, 15) is 23.4 Å². The number of benzene rings is 2. The van der Waals surface area contributed by atoms with Gasteiger partial charge in [-0.15, -0.1) is 11.3 Å². The van der Waals surface area contributed by atoms with Gasteiger partial charge in [-0.25, -0.2) is 32.2 Å². The lowest BCUT2D eigenvalue weighted by molar-refractivity contribution is -0.230. The molecular weight excluding hydrogens is 592 g/mol. The molecule has 6 rings (SSSR count). The Morgan fingerprint density at radius 1 is 1.07 bits per heavy atom. The van der Waals surface area contributed by atoms with Gasteiger partial charge in [0, 0.05) is 30.5 Å². The lowest BCUT2D eigenvalue weighted by Gasteiger charge is -2.44. The Morgan fingerprint density at radius 3 is 2.56 bits per heavy atom. The minimum atomic E-state index is -1.63. The highest BCUT2D eigenvalue weighted by molar-refractivity contribution is 7.18. The first-order valence-corrected chi connectivity index (χ1v) is 14.0. The molecule has 1 aliphatic rings. The van der Waals surface area contributed by atoms with Crippen molar-refractivity contribution in [1.82, 2.24) is 29.5 Å². The molecule has 0 amide bonds. The Hall–Kier alpha value is -3.76. The first-order chi connectivity index (χ1) is 20.5. The Morgan fingerprint density at radius 2 is 1.84 bits per heavy atom. The molecule has 43 heavy (non-hydrogen) atoms. The number of methoxy groups -OCH3 is 1. The number of halogens is 4. The fraction of sp³-hybridized carbons (Fsp3) is 0.357. The van der Waals surface area contributed by atoms with Crippen LogP contribution in [0.3, 0.4) is 0 Å². The number of aryl methyl sites for hydroxylation is 2. The summed E-state index contributed by atoms with van der Waals surface area (Å²) < 4.78 is 72.5. The summed E-state index contributed by atoms with van der Waals surface area (Å²) >= 11 is 1.37. The molecule has 4 unspecified atom stereocenters. The summed E-state index contributed by atoms with van der Waals surface area (Å²) in [6.07, 6.45) is -3.33.